The average molecular weight is 280 g/mol. The van der Waals surface area contributed by atoms with Crippen LogP contribution in [0.2, 0.25) is 0 Å². The molecule has 0 bridgehead atoms. The quantitative estimate of drug-likeness (QED) is 0.822. The number of nitrogens with one attached hydrogen (secondary N) is 1. The largest absolute Gasteiger partial charge is 0.383 e. The molecule has 1 aromatic rings. The first-order valence-corrected chi connectivity index (χ1v) is 7.57. The summed E-state index contributed by atoms with van der Waals surface area (Å²) in [7, 11) is 3.97. The molecule has 0 aromatic carbocycles. The van der Waals surface area contributed by atoms with Crippen LogP contribution >= 0.6 is 0 Å². The zero-order valence-corrected chi connectivity index (χ0v) is 13.1. The van der Waals surface area contributed by atoms with Crippen molar-refractivity contribution in [1.29, 1.82) is 0 Å². The van der Waals surface area contributed by atoms with Gasteiger partial charge in [0.05, 0.1) is 13.2 Å². The van der Waals surface area contributed by atoms with E-state index in [1.165, 1.54) is 25.9 Å². The molecule has 1 aliphatic rings. The maximum Gasteiger partial charge on any atom is 0.120 e. The number of nitrogens with zero attached hydrogens (tertiary/aromatic N) is 3. The normalized spacial score (nSPS) is 18.0. The van der Waals surface area contributed by atoms with Crippen LogP contribution in [0.3, 0.4) is 0 Å². The Morgan fingerprint density at radius 1 is 1.45 bits per heavy atom. The number of H-pyrrole nitrogens is 1. The lowest BCUT2D eigenvalue weighted by molar-refractivity contribution is 0.109. The predicted molar refractivity (Wildman–Crippen MR) is 80.7 cm³/mol. The molecule has 2 heterocycles. The van der Waals surface area contributed by atoms with Gasteiger partial charge in [0.2, 0.25) is 0 Å². The van der Waals surface area contributed by atoms with Crippen LogP contribution in [0.1, 0.15) is 24.4 Å². The minimum atomic E-state index is 0.815. The summed E-state index contributed by atoms with van der Waals surface area (Å²) in [6.07, 6.45) is 4.49. The minimum absolute atomic E-state index is 0.815. The van der Waals surface area contributed by atoms with Crippen molar-refractivity contribution in [3.05, 3.63) is 17.7 Å². The van der Waals surface area contributed by atoms with E-state index in [9.17, 15) is 0 Å². The number of hydrogen-bond acceptors (Lipinski definition) is 4. The first kappa shape index (κ1) is 15.5. The van der Waals surface area contributed by atoms with Gasteiger partial charge in [-0.05, 0) is 45.8 Å². The lowest BCUT2D eigenvalue weighted by atomic mass is 9.96. The summed E-state index contributed by atoms with van der Waals surface area (Å²) in [6, 6.07) is 0. The Morgan fingerprint density at radius 3 is 2.80 bits per heavy atom. The van der Waals surface area contributed by atoms with Gasteiger partial charge in [-0.25, -0.2) is 4.98 Å². The Bertz CT molecular complexity index is 385. The molecule has 114 valence electrons. The Hall–Kier alpha value is -0.910. The number of aromatic nitrogens is 2. The molecule has 0 unspecified atom stereocenters. The van der Waals surface area contributed by atoms with Crippen LogP contribution in [-0.4, -0.2) is 66.7 Å². The van der Waals surface area contributed by atoms with Gasteiger partial charge < -0.3 is 14.6 Å². The van der Waals surface area contributed by atoms with Crippen LogP contribution in [0.4, 0.5) is 0 Å². The molecule has 0 amide bonds. The number of likely N-dealkylation sites (tertiary alicyclic amines) is 1. The van der Waals surface area contributed by atoms with E-state index in [2.05, 4.69) is 26.8 Å². The Morgan fingerprint density at radius 2 is 2.20 bits per heavy atom. The van der Waals surface area contributed by atoms with Crippen LogP contribution in [0, 0.1) is 12.8 Å². The summed E-state index contributed by atoms with van der Waals surface area (Å²) in [6.45, 7) is 8.47. The highest BCUT2D eigenvalue weighted by molar-refractivity contribution is 4.98. The number of hydrogen-bond donors (Lipinski definition) is 1. The molecular weight excluding hydrogens is 252 g/mol. The van der Waals surface area contributed by atoms with E-state index >= 15 is 0 Å². The second-order valence-corrected chi connectivity index (χ2v) is 5.99. The van der Waals surface area contributed by atoms with Gasteiger partial charge in [0, 0.05) is 32.1 Å². The third-order valence-corrected chi connectivity index (χ3v) is 4.06. The zero-order chi connectivity index (χ0) is 14.4. The molecule has 1 fully saturated rings. The Kier molecular flexibility index (Phi) is 6.01. The third-order valence-electron chi connectivity index (χ3n) is 4.06. The lowest BCUT2D eigenvalue weighted by Crippen LogP contribution is -2.39. The van der Waals surface area contributed by atoms with Gasteiger partial charge in [-0.3, -0.25) is 4.90 Å². The van der Waals surface area contributed by atoms with Gasteiger partial charge in [0.25, 0.3) is 0 Å². The standard InChI is InChI=1S/C15H28N4O/c1-13-10-16-15(17-13)12-18(2)11-14-4-6-19(7-5-14)8-9-20-3/h10,14H,4-9,11-12H2,1-3H3,(H,16,17). The first-order chi connectivity index (χ1) is 9.67. The molecule has 0 aliphatic carbocycles. The highest BCUT2D eigenvalue weighted by Crippen LogP contribution is 2.18. The predicted octanol–water partition coefficient (Wildman–Crippen LogP) is 1.51. The minimum Gasteiger partial charge on any atom is -0.383 e. The summed E-state index contributed by atoms with van der Waals surface area (Å²) >= 11 is 0. The van der Waals surface area contributed by atoms with Gasteiger partial charge >= 0.3 is 0 Å². The maximum absolute atomic E-state index is 5.14. The van der Waals surface area contributed by atoms with E-state index in [1.54, 1.807) is 7.11 Å². The van der Waals surface area contributed by atoms with Crippen LogP contribution in [-0.2, 0) is 11.3 Å². The molecule has 1 aromatic heterocycles. The fourth-order valence-corrected chi connectivity index (χ4v) is 2.92. The number of rotatable bonds is 7. The van der Waals surface area contributed by atoms with Gasteiger partial charge in [0.1, 0.15) is 5.82 Å². The van der Waals surface area contributed by atoms with Gasteiger partial charge in [-0.15, -0.1) is 0 Å². The SMILES string of the molecule is COCCN1CCC(CN(C)Cc2ncc(C)[nH]2)CC1. The number of aromatic amines is 1. The van der Waals surface area contributed by atoms with Crippen molar-refractivity contribution in [3.8, 4) is 0 Å². The van der Waals surface area contributed by atoms with Gasteiger partial charge in [-0.2, -0.15) is 0 Å². The zero-order valence-electron chi connectivity index (χ0n) is 13.1. The van der Waals surface area contributed by atoms with E-state index in [0.717, 1.165) is 43.7 Å². The summed E-state index contributed by atoms with van der Waals surface area (Å²) in [4.78, 5) is 12.6. The number of aryl methyl sites for hydroxylation is 1. The van der Waals surface area contributed by atoms with E-state index < -0.39 is 0 Å². The van der Waals surface area contributed by atoms with Crippen molar-refractivity contribution < 1.29 is 4.74 Å². The van der Waals surface area contributed by atoms with E-state index in [1.807, 2.05) is 13.1 Å². The van der Waals surface area contributed by atoms with E-state index in [0.29, 0.717) is 0 Å². The Balaban J connectivity index is 1.67. The molecule has 2 rings (SSSR count). The van der Waals surface area contributed by atoms with Crippen LogP contribution in [0.15, 0.2) is 6.20 Å². The molecule has 20 heavy (non-hydrogen) atoms. The summed E-state index contributed by atoms with van der Waals surface area (Å²) < 4.78 is 5.14. The molecule has 0 atom stereocenters. The van der Waals surface area contributed by atoms with Crippen molar-refractivity contribution in [3.63, 3.8) is 0 Å². The molecule has 1 N–H and O–H groups in total. The molecule has 0 radical (unpaired) electrons. The fraction of sp³-hybridized carbons (Fsp3) is 0.800. The number of ether oxygens (including phenoxy) is 1. The molecular formula is C15H28N4O. The smallest absolute Gasteiger partial charge is 0.120 e. The third kappa shape index (κ3) is 4.89. The molecule has 5 nitrogen and oxygen atoms in total. The van der Waals surface area contributed by atoms with Crippen molar-refractivity contribution in [2.24, 2.45) is 5.92 Å². The average Bonchev–Trinajstić information content (AvgIpc) is 2.83. The van der Waals surface area contributed by atoms with Crippen LogP contribution in [0.5, 0.6) is 0 Å². The molecule has 1 saturated heterocycles. The summed E-state index contributed by atoms with van der Waals surface area (Å²) in [5.74, 6) is 1.89. The number of methoxy groups -OCH3 is 1. The second kappa shape index (κ2) is 7.76. The molecule has 0 spiro atoms. The maximum atomic E-state index is 5.14. The van der Waals surface area contributed by atoms with Crippen molar-refractivity contribution in [2.75, 3.05) is 46.9 Å². The lowest BCUT2D eigenvalue weighted by Gasteiger charge is -2.33. The fourth-order valence-electron chi connectivity index (χ4n) is 2.92. The monoisotopic (exact) mass is 280 g/mol. The molecule has 5 heteroatoms. The van der Waals surface area contributed by atoms with Crippen molar-refractivity contribution in [1.82, 2.24) is 19.8 Å². The summed E-state index contributed by atoms with van der Waals surface area (Å²) in [5.41, 5.74) is 1.14. The summed E-state index contributed by atoms with van der Waals surface area (Å²) in [5, 5.41) is 0. The Labute approximate surface area is 122 Å². The molecule has 1 aliphatic heterocycles. The topological polar surface area (TPSA) is 44.4 Å². The first-order valence-electron chi connectivity index (χ1n) is 7.57. The number of piperidine rings is 1. The second-order valence-electron chi connectivity index (χ2n) is 5.99. The number of imidazole rings is 1. The van der Waals surface area contributed by atoms with Crippen LogP contribution < -0.4 is 0 Å². The highest BCUT2D eigenvalue weighted by Gasteiger charge is 2.20. The van der Waals surface area contributed by atoms with Crippen molar-refractivity contribution in [2.45, 2.75) is 26.3 Å². The van der Waals surface area contributed by atoms with Crippen molar-refractivity contribution >= 4 is 0 Å². The van der Waals surface area contributed by atoms with E-state index in [4.69, 9.17) is 4.74 Å². The molecule has 0 saturated carbocycles. The van der Waals surface area contributed by atoms with E-state index in [-0.39, 0.29) is 0 Å². The van der Waals surface area contributed by atoms with Gasteiger partial charge in [-0.1, -0.05) is 0 Å². The van der Waals surface area contributed by atoms with Crippen LogP contribution in [0.25, 0.3) is 0 Å². The highest BCUT2D eigenvalue weighted by atomic mass is 16.5. The van der Waals surface area contributed by atoms with Gasteiger partial charge in [0.15, 0.2) is 0 Å².